The van der Waals surface area contributed by atoms with Gasteiger partial charge in [-0.25, -0.2) is 0 Å². The van der Waals surface area contributed by atoms with Gasteiger partial charge >= 0.3 is 0 Å². The van der Waals surface area contributed by atoms with Crippen molar-refractivity contribution in [3.63, 3.8) is 0 Å². The molecule has 1 aromatic rings. The van der Waals surface area contributed by atoms with Crippen molar-refractivity contribution < 1.29 is 4.79 Å². The van der Waals surface area contributed by atoms with E-state index in [4.69, 9.17) is 5.73 Å². The summed E-state index contributed by atoms with van der Waals surface area (Å²) in [6.07, 6.45) is 2.40. The van der Waals surface area contributed by atoms with Crippen LogP contribution in [0.15, 0.2) is 30.3 Å². The van der Waals surface area contributed by atoms with E-state index in [0.29, 0.717) is 13.0 Å². The Morgan fingerprint density at radius 3 is 2.53 bits per heavy atom. The fourth-order valence-electron chi connectivity index (χ4n) is 1.69. The molecule has 0 spiro atoms. The topological polar surface area (TPSA) is 55.1 Å². The Morgan fingerprint density at radius 2 is 2.00 bits per heavy atom. The van der Waals surface area contributed by atoms with Gasteiger partial charge in [-0.15, -0.1) is 12.4 Å². The van der Waals surface area contributed by atoms with Gasteiger partial charge in [-0.3, -0.25) is 4.79 Å². The Kier molecular flexibility index (Phi) is 8.46. The van der Waals surface area contributed by atoms with Crippen LogP contribution in [0.4, 0.5) is 0 Å². The number of amides is 1. The molecule has 0 fully saturated rings. The van der Waals surface area contributed by atoms with Crippen LogP contribution in [0.25, 0.3) is 0 Å². The maximum absolute atomic E-state index is 11.5. The lowest BCUT2D eigenvalue weighted by Gasteiger charge is -2.18. The SMILES string of the molecule is CCCC(NC(=O)CCN)c1ccccc1.Cl. The first-order valence-electron chi connectivity index (χ1n) is 5.82. The van der Waals surface area contributed by atoms with E-state index in [9.17, 15) is 4.79 Å². The van der Waals surface area contributed by atoms with Crippen molar-refractivity contribution in [2.75, 3.05) is 6.54 Å². The second-order valence-electron chi connectivity index (χ2n) is 3.86. The number of carbonyl (C=O) groups is 1. The highest BCUT2D eigenvalue weighted by Crippen LogP contribution is 2.17. The minimum atomic E-state index is 0. The van der Waals surface area contributed by atoms with Crippen LogP contribution in [0.5, 0.6) is 0 Å². The monoisotopic (exact) mass is 256 g/mol. The first-order valence-corrected chi connectivity index (χ1v) is 5.82. The second-order valence-corrected chi connectivity index (χ2v) is 3.86. The van der Waals surface area contributed by atoms with Gasteiger partial charge in [0.1, 0.15) is 0 Å². The zero-order chi connectivity index (χ0) is 11.8. The third kappa shape index (κ3) is 5.71. The maximum Gasteiger partial charge on any atom is 0.221 e. The minimum absolute atomic E-state index is 0. The Labute approximate surface area is 109 Å². The second kappa shape index (κ2) is 9.02. The average molecular weight is 257 g/mol. The fourth-order valence-corrected chi connectivity index (χ4v) is 1.69. The number of halogens is 1. The zero-order valence-corrected chi connectivity index (χ0v) is 11.0. The van der Waals surface area contributed by atoms with E-state index in [-0.39, 0.29) is 24.4 Å². The van der Waals surface area contributed by atoms with Gasteiger partial charge in [0.2, 0.25) is 5.91 Å². The largest absolute Gasteiger partial charge is 0.349 e. The summed E-state index contributed by atoms with van der Waals surface area (Å²) < 4.78 is 0. The standard InChI is InChI=1S/C13H20N2O.ClH/c1-2-6-12(15-13(16)9-10-14)11-7-4-3-5-8-11;/h3-5,7-8,12H,2,6,9-10,14H2,1H3,(H,15,16);1H. The molecule has 1 amide bonds. The first kappa shape index (κ1) is 15.9. The molecule has 0 aliphatic carbocycles. The molecule has 3 nitrogen and oxygen atoms in total. The summed E-state index contributed by atoms with van der Waals surface area (Å²) in [6, 6.07) is 10.2. The van der Waals surface area contributed by atoms with Crippen molar-refractivity contribution in [3.8, 4) is 0 Å². The number of nitrogens with two attached hydrogens (primary N) is 1. The van der Waals surface area contributed by atoms with Crippen LogP contribution in [0.2, 0.25) is 0 Å². The molecular weight excluding hydrogens is 236 g/mol. The number of benzene rings is 1. The predicted octanol–water partition coefficient (Wildman–Crippen LogP) is 2.41. The lowest BCUT2D eigenvalue weighted by Crippen LogP contribution is -2.29. The van der Waals surface area contributed by atoms with Crippen molar-refractivity contribution >= 4 is 18.3 Å². The summed E-state index contributed by atoms with van der Waals surface area (Å²) in [4.78, 5) is 11.5. The van der Waals surface area contributed by atoms with E-state index in [2.05, 4.69) is 12.2 Å². The molecule has 0 bridgehead atoms. The van der Waals surface area contributed by atoms with E-state index >= 15 is 0 Å². The highest BCUT2D eigenvalue weighted by atomic mass is 35.5. The van der Waals surface area contributed by atoms with Gasteiger partial charge in [0.25, 0.3) is 0 Å². The molecule has 1 aromatic carbocycles. The van der Waals surface area contributed by atoms with Gasteiger partial charge < -0.3 is 11.1 Å². The third-order valence-corrected chi connectivity index (χ3v) is 2.49. The number of carbonyl (C=O) groups excluding carboxylic acids is 1. The highest BCUT2D eigenvalue weighted by molar-refractivity contribution is 5.85. The molecule has 4 heteroatoms. The summed E-state index contributed by atoms with van der Waals surface area (Å²) in [5.74, 6) is 0.0322. The van der Waals surface area contributed by atoms with Crippen LogP contribution < -0.4 is 11.1 Å². The van der Waals surface area contributed by atoms with E-state index in [1.165, 1.54) is 0 Å². The van der Waals surface area contributed by atoms with Crippen LogP contribution in [-0.2, 0) is 4.79 Å². The fraction of sp³-hybridized carbons (Fsp3) is 0.462. The zero-order valence-electron chi connectivity index (χ0n) is 10.2. The molecule has 0 aliphatic rings. The quantitative estimate of drug-likeness (QED) is 0.821. The molecular formula is C13H21ClN2O. The number of nitrogens with one attached hydrogen (secondary N) is 1. The molecule has 0 saturated heterocycles. The van der Waals surface area contributed by atoms with Crippen LogP contribution in [0, 0.1) is 0 Å². The van der Waals surface area contributed by atoms with Crippen molar-refractivity contribution in [1.29, 1.82) is 0 Å². The average Bonchev–Trinajstić information content (AvgIpc) is 2.30. The lowest BCUT2D eigenvalue weighted by atomic mass is 10.0. The van der Waals surface area contributed by atoms with Gasteiger partial charge in [-0.2, -0.15) is 0 Å². The van der Waals surface area contributed by atoms with E-state index in [0.717, 1.165) is 18.4 Å². The Balaban J connectivity index is 0.00000256. The Hall–Kier alpha value is -1.06. The number of hydrogen-bond donors (Lipinski definition) is 2. The first-order chi connectivity index (χ1) is 7.77. The van der Waals surface area contributed by atoms with Crippen molar-refractivity contribution in [3.05, 3.63) is 35.9 Å². The molecule has 0 radical (unpaired) electrons. The summed E-state index contributed by atoms with van der Waals surface area (Å²) in [5.41, 5.74) is 6.52. The maximum atomic E-state index is 11.5. The predicted molar refractivity (Wildman–Crippen MR) is 73.2 cm³/mol. The van der Waals surface area contributed by atoms with Crippen molar-refractivity contribution in [2.24, 2.45) is 5.73 Å². The van der Waals surface area contributed by atoms with Crippen molar-refractivity contribution in [1.82, 2.24) is 5.32 Å². The lowest BCUT2D eigenvalue weighted by molar-refractivity contribution is -0.121. The van der Waals surface area contributed by atoms with Crippen LogP contribution >= 0.6 is 12.4 Å². The molecule has 17 heavy (non-hydrogen) atoms. The Bertz CT molecular complexity index is 316. The van der Waals surface area contributed by atoms with Gasteiger partial charge in [-0.05, 0) is 12.0 Å². The van der Waals surface area contributed by atoms with Crippen LogP contribution in [-0.4, -0.2) is 12.5 Å². The summed E-state index contributed by atoms with van der Waals surface area (Å²) >= 11 is 0. The smallest absolute Gasteiger partial charge is 0.221 e. The van der Waals surface area contributed by atoms with Crippen LogP contribution in [0.1, 0.15) is 37.8 Å². The number of hydrogen-bond acceptors (Lipinski definition) is 2. The molecule has 0 saturated carbocycles. The summed E-state index contributed by atoms with van der Waals surface area (Å²) in [7, 11) is 0. The molecule has 1 atom stereocenters. The summed E-state index contributed by atoms with van der Waals surface area (Å²) in [5, 5.41) is 3.02. The van der Waals surface area contributed by atoms with E-state index < -0.39 is 0 Å². The third-order valence-electron chi connectivity index (χ3n) is 2.49. The molecule has 1 unspecified atom stereocenters. The van der Waals surface area contributed by atoms with Gasteiger partial charge in [-0.1, -0.05) is 43.7 Å². The molecule has 0 aliphatic heterocycles. The van der Waals surface area contributed by atoms with Gasteiger partial charge in [0.15, 0.2) is 0 Å². The normalized spacial score (nSPS) is 11.4. The molecule has 0 heterocycles. The van der Waals surface area contributed by atoms with Gasteiger partial charge in [0.05, 0.1) is 6.04 Å². The highest BCUT2D eigenvalue weighted by Gasteiger charge is 2.12. The van der Waals surface area contributed by atoms with Gasteiger partial charge in [0, 0.05) is 13.0 Å². The molecule has 1 rings (SSSR count). The molecule has 3 N–H and O–H groups in total. The molecule has 96 valence electrons. The summed E-state index contributed by atoms with van der Waals surface area (Å²) in [6.45, 7) is 2.52. The van der Waals surface area contributed by atoms with Crippen LogP contribution in [0.3, 0.4) is 0 Å². The number of rotatable bonds is 6. The Morgan fingerprint density at radius 1 is 1.35 bits per heavy atom. The van der Waals surface area contributed by atoms with E-state index in [1.54, 1.807) is 0 Å². The van der Waals surface area contributed by atoms with E-state index in [1.807, 2.05) is 30.3 Å². The van der Waals surface area contributed by atoms with Crippen molar-refractivity contribution in [2.45, 2.75) is 32.2 Å². The minimum Gasteiger partial charge on any atom is -0.349 e. The molecule has 0 aromatic heterocycles.